The molecule has 0 radical (unpaired) electrons. The molecule has 0 saturated heterocycles. The van der Waals surface area contributed by atoms with Crippen molar-refractivity contribution >= 4 is 38.8 Å². The molecular formula is C20H22N4OS. The summed E-state index contributed by atoms with van der Waals surface area (Å²) in [5.41, 5.74) is 5.30. The molecule has 0 unspecified atom stereocenters. The zero-order chi connectivity index (χ0) is 18.4. The Morgan fingerprint density at radius 3 is 2.85 bits per heavy atom. The lowest BCUT2D eigenvalue weighted by atomic mass is 10.1. The van der Waals surface area contributed by atoms with Crippen LogP contribution < -0.4 is 10.2 Å². The number of carbonyl (C=O) groups excluding carboxylic acids is 1. The first-order valence-electron chi connectivity index (χ1n) is 8.91. The van der Waals surface area contributed by atoms with E-state index in [9.17, 15) is 4.79 Å². The van der Waals surface area contributed by atoms with Gasteiger partial charge in [0.2, 0.25) is 0 Å². The SMILES string of the molecule is CCN1CCc2ccc(NC(=O)c3sc4nc(C)nc(C)c4c3C)cc21. The van der Waals surface area contributed by atoms with Crippen LogP contribution in [0.25, 0.3) is 10.2 Å². The van der Waals surface area contributed by atoms with Crippen LogP contribution in [0.2, 0.25) is 0 Å². The number of hydrogen-bond donors (Lipinski definition) is 1. The minimum absolute atomic E-state index is 0.0800. The van der Waals surface area contributed by atoms with Gasteiger partial charge in [0.15, 0.2) is 0 Å². The second-order valence-corrected chi connectivity index (χ2v) is 7.72. The summed E-state index contributed by atoms with van der Waals surface area (Å²) < 4.78 is 0. The van der Waals surface area contributed by atoms with Gasteiger partial charge in [0.1, 0.15) is 10.7 Å². The molecule has 1 N–H and O–H groups in total. The first kappa shape index (κ1) is 17.0. The molecular weight excluding hydrogens is 344 g/mol. The number of thiophene rings is 1. The van der Waals surface area contributed by atoms with Gasteiger partial charge in [-0.1, -0.05) is 6.07 Å². The number of amides is 1. The molecule has 0 spiro atoms. The predicted octanol–water partition coefficient (Wildman–Crippen LogP) is 4.25. The van der Waals surface area contributed by atoms with Gasteiger partial charge in [-0.25, -0.2) is 9.97 Å². The molecule has 6 heteroatoms. The Kier molecular flexibility index (Phi) is 4.15. The van der Waals surface area contributed by atoms with Crippen molar-refractivity contribution in [2.75, 3.05) is 23.3 Å². The van der Waals surface area contributed by atoms with Gasteiger partial charge in [-0.3, -0.25) is 4.79 Å². The van der Waals surface area contributed by atoms with E-state index in [0.717, 1.165) is 52.5 Å². The van der Waals surface area contributed by atoms with Crippen molar-refractivity contribution in [3.8, 4) is 0 Å². The number of hydrogen-bond acceptors (Lipinski definition) is 5. The Hall–Kier alpha value is -2.47. The van der Waals surface area contributed by atoms with Crippen LogP contribution in [0.4, 0.5) is 11.4 Å². The molecule has 3 heterocycles. The van der Waals surface area contributed by atoms with Crippen LogP contribution in [0, 0.1) is 20.8 Å². The number of rotatable bonds is 3. The van der Waals surface area contributed by atoms with Crippen molar-refractivity contribution in [1.29, 1.82) is 0 Å². The van der Waals surface area contributed by atoms with E-state index in [-0.39, 0.29) is 5.91 Å². The molecule has 1 amide bonds. The summed E-state index contributed by atoms with van der Waals surface area (Å²) in [6, 6.07) is 6.20. The number of anilines is 2. The fourth-order valence-corrected chi connectivity index (χ4v) is 4.90. The first-order valence-corrected chi connectivity index (χ1v) is 9.73. The Bertz CT molecular complexity index is 1020. The fourth-order valence-electron chi connectivity index (χ4n) is 3.73. The van der Waals surface area contributed by atoms with Gasteiger partial charge in [-0.2, -0.15) is 0 Å². The van der Waals surface area contributed by atoms with Crippen molar-refractivity contribution in [2.24, 2.45) is 0 Å². The Morgan fingerprint density at radius 2 is 2.08 bits per heavy atom. The zero-order valence-corrected chi connectivity index (χ0v) is 16.3. The maximum atomic E-state index is 12.9. The number of aryl methyl sites for hydroxylation is 3. The molecule has 1 aliphatic heterocycles. The van der Waals surface area contributed by atoms with Crippen LogP contribution in [0.5, 0.6) is 0 Å². The summed E-state index contributed by atoms with van der Waals surface area (Å²) in [4.78, 5) is 25.7. The molecule has 3 aromatic rings. The molecule has 1 aromatic carbocycles. The number of likely N-dealkylation sites (N-methyl/N-ethyl adjacent to an activating group) is 1. The summed E-state index contributed by atoms with van der Waals surface area (Å²) >= 11 is 1.44. The van der Waals surface area contributed by atoms with Gasteiger partial charge < -0.3 is 10.2 Å². The van der Waals surface area contributed by atoms with E-state index in [1.54, 1.807) is 0 Å². The van der Waals surface area contributed by atoms with Crippen molar-refractivity contribution in [3.63, 3.8) is 0 Å². The van der Waals surface area contributed by atoms with E-state index in [0.29, 0.717) is 4.88 Å². The van der Waals surface area contributed by atoms with Crippen molar-refractivity contribution in [3.05, 3.63) is 45.7 Å². The van der Waals surface area contributed by atoms with Crippen molar-refractivity contribution in [2.45, 2.75) is 34.1 Å². The fraction of sp³-hybridized carbons (Fsp3) is 0.350. The average Bonchev–Trinajstić information content (AvgIpc) is 3.15. The van der Waals surface area contributed by atoms with Crippen LogP contribution in [-0.4, -0.2) is 29.0 Å². The highest BCUT2D eigenvalue weighted by Gasteiger charge is 2.21. The van der Waals surface area contributed by atoms with E-state index in [4.69, 9.17) is 0 Å². The summed E-state index contributed by atoms with van der Waals surface area (Å²) in [5, 5.41) is 4.06. The standard InChI is InChI=1S/C20H22N4OS/c1-5-24-9-8-14-6-7-15(10-16(14)24)23-19(25)18-11(2)17-12(3)21-13(4)22-20(17)26-18/h6-7,10H,5,8-9H2,1-4H3,(H,23,25). The molecule has 0 fully saturated rings. The third-order valence-electron chi connectivity index (χ3n) is 5.01. The highest BCUT2D eigenvalue weighted by Crippen LogP contribution is 2.33. The normalized spacial score (nSPS) is 13.3. The van der Waals surface area contributed by atoms with Gasteiger partial charge in [0.05, 0.1) is 4.88 Å². The van der Waals surface area contributed by atoms with E-state index in [1.165, 1.54) is 22.6 Å². The molecule has 134 valence electrons. The van der Waals surface area contributed by atoms with Gasteiger partial charge in [0, 0.05) is 35.5 Å². The topological polar surface area (TPSA) is 58.1 Å². The lowest BCUT2D eigenvalue weighted by Crippen LogP contribution is -2.19. The summed E-state index contributed by atoms with van der Waals surface area (Å²) in [6.45, 7) is 10.0. The largest absolute Gasteiger partial charge is 0.371 e. The first-order chi connectivity index (χ1) is 12.5. The van der Waals surface area contributed by atoms with Crippen LogP contribution in [0.3, 0.4) is 0 Å². The van der Waals surface area contributed by atoms with E-state index in [1.807, 2.05) is 26.8 Å². The average molecular weight is 366 g/mol. The van der Waals surface area contributed by atoms with Crippen molar-refractivity contribution < 1.29 is 4.79 Å². The molecule has 4 rings (SSSR count). The molecule has 0 atom stereocenters. The molecule has 0 saturated carbocycles. The lowest BCUT2D eigenvalue weighted by Gasteiger charge is -2.17. The van der Waals surface area contributed by atoms with Crippen LogP contribution >= 0.6 is 11.3 Å². The number of carbonyl (C=O) groups is 1. The Balaban J connectivity index is 1.66. The lowest BCUT2D eigenvalue weighted by molar-refractivity contribution is 0.103. The number of nitrogens with one attached hydrogen (secondary N) is 1. The molecule has 1 aliphatic rings. The quantitative estimate of drug-likeness (QED) is 0.753. The molecule has 0 bridgehead atoms. The Morgan fingerprint density at radius 1 is 1.27 bits per heavy atom. The Labute approximate surface area is 157 Å². The van der Waals surface area contributed by atoms with Crippen LogP contribution in [-0.2, 0) is 6.42 Å². The second-order valence-electron chi connectivity index (χ2n) is 6.72. The monoisotopic (exact) mass is 366 g/mol. The van der Waals surface area contributed by atoms with Gasteiger partial charge in [0.25, 0.3) is 5.91 Å². The highest BCUT2D eigenvalue weighted by molar-refractivity contribution is 7.20. The van der Waals surface area contributed by atoms with Gasteiger partial charge in [-0.05, 0) is 57.4 Å². The summed E-state index contributed by atoms with van der Waals surface area (Å²) in [7, 11) is 0. The maximum absolute atomic E-state index is 12.9. The minimum Gasteiger partial charge on any atom is -0.371 e. The second kappa shape index (κ2) is 6.36. The zero-order valence-electron chi connectivity index (χ0n) is 15.5. The minimum atomic E-state index is -0.0800. The number of fused-ring (bicyclic) bond motifs is 2. The predicted molar refractivity (Wildman–Crippen MR) is 108 cm³/mol. The van der Waals surface area contributed by atoms with E-state index in [2.05, 4.69) is 39.2 Å². The third kappa shape index (κ3) is 2.74. The van der Waals surface area contributed by atoms with E-state index >= 15 is 0 Å². The van der Waals surface area contributed by atoms with Gasteiger partial charge in [-0.15, -0.1) is 11.3 Å². The highest BCUT2D eigenvalue weighted by atomic mass is 32.1. The maximum Gasteiger partial charge on any atom is 0.266 e. The molecule has 26 heavy (non-hydrogen) atoms. The van der Waals surface area contributed by atoms with Crippen molar-refractivity contribution in [1.82, 2.24) is 9.97 Å². The van der Waals surface area contributed by atoms with Crippen LogP contribution in [0.15, 0.2) is 18.2 Å². The third-order valence-corrected chi connectivity index (χ3v) is 6.19. The number of aromatic nitrogens is 2. The number of benzene rings is 1. The summed E-state index contributed by atoms with van der Waals surface area (Å²) in [6.07, 6.45) is 1.07. The molecule has 2 aromatic heterocycles. The van der Waals surface area contributed by atoms with Crippen LogP contribution in [0.1, 0.15) is 39.2 Å². The number of nitrogens with zero attached hydrogens (tertiary/aromatic N) is 3. The van der Waals surface area contributed by atoms with E-state index < -0.39 is 0 Å². The molecule has 0 aliphatic carbocycles. The van der Waals surface area contributed by atoms with Gasteiger partial charge >= 0.3 is 0 Å². The summed E-state index contributed by atoms with van der Waals surface area (Å²) in [5.74, 6) is 0.657. The smallest absolute Gasteiger partial charge is 0.266 e. The molecule has 5 nitrogen and oxygen atoms in total.